The number of benzene rings is 2. The molecule has 0 amide bonds. The van der Waals surface area contributed by atoms with E-state index in [2.05, 4.69) is 93.1 Å². The second-order valence-electron chi connectivity index (χ2n) is 7.35. The van der Waals surface area contributed by atoms with Crippen LogP contribution in [-0.4, -0.2) is 0 Å². The first kappa shape index (κ1) is 13.5. The Labute approximate surface area is 132 Å². The molecule has 0 unspecified atom stereocenters. The highest BCUT2D eigenvalue weighted by atomic mass is 15.1. The first-order chi connectivity index (χ1) is 10.4. The van der Waals surface area contributed by atoms with E-state index in [0.29, 0.717) is 0 Å². The number of pyridine rings is 1. The van der Waals surface area contributed by atoms with Crippen LogP contribution in [-0.2, 0) is 11.0 Å². The second kappa shape index (κ2) is 4.19. The predicted octanol–water partition coefficient (Wildman–Crippen LogP) is 4.82. The zero-order valence-electron chi connectivity index (χ0n) is 13.7. The molecule has 0 spiro atoms. The minimum Gasteiger partial charge on any atom is -0.192 e. The molecule has 0 fully saturated rings. The summed E-state index contributed by atoms with van der Waals surface area (Å²) in [6.45, 7) is 9.41. The lowest BCUT2D eigenvalue weighted by Gasteiger charge is -2.42. The van der Waals surface area contributed by atoms with Crippen LogP contribution in [0.2, 0.25) is 0 Å². The number of hydrogen-bond donors (Lipinski definition) is 0. The molecular formula is C21H22N+. The minimum absolute atomic E-state index is 0.0146. The van der Waals surface area contributed by atoms with Crippen LogP contribution in [0.1, 0.15) is 33.3 Å². The summed E-state index contributed by atoms with van der Waals surface area (Å²) in [5.41, 5.74) is 4.24. The third-order valence-corrected chi connectivity index (χ3v) is 5.85. The Morgan fingerprint density at radius 1 is 0.773 bits per heavy atom. The summed E-state index contributed by atoms with van der Waals surface area (Å²) in [6.07, 6.45) is 2.26. The van der Waals surface area contributed by atoms with Crippen LogP contribution in [0.4, 0.5) is 0 Å². The zero-order chi connectivity index (χ0) is 15.5. The fourth-order valence-corrected chi connectivity index (χ4v) is 3.82. The molecule has 0 saturated carbocycles. The van der Waals surface area contributed by atoms with Crippen molar-refractivity contribution in [2.24, 2.45) is 0 Å². The van der Waals surface area contributed by atoms with E-state index in [-0.39, 0.29) is 11.0 Å². The lowest BCUT2D eigenvalue weighted by atomic mass is 9.65. The zero-order valence-corrected chi connectivity index (χ0v) is 13.7. The number of aromatic nitrogens is 1. The van der Waals surface area contributed by atoms with E-state index in [1.165, 1.54) is 27.6 Å². The van der Waals surface area contributed by atoms with Crippen molar-refractivity contribution in [2.45, 2.75) is 38.6 Å². The molecule has 0 N–H and O–H groups in total. The van der Waals surface area contributed by atoms with Gasteiger partial charge in [-0.3, -0.25) is 0 Å². The van der Waals surface area contributed by atoms with Gasteiger partial charge in [-0.2, -0.15) is 4.57 Å². The van der Waals surface area contributed by atoms with Gasteiger partial charge in [-0.25, -0.2) is 0 Å². The molecule has 1 aliphatic heterocycles. The molecule has 0 atom stereocenters. The van der Waals surface area contributed by atoms with Crippen molar-refractivity contribution in [3.8, 4) is 11.3 Å². The largest absolute Gasteiger partial charge is 0.221 e. The lowest BCUT2D eigenvalue weighted by molar-refractivity contribution is -0.759. The maximum atomic E-state index is 2.47. The molecule has 1 nitrogen and oxygen atoms in total. The molecule has 1 heteroatoms. The first-order valence-corrected chi connectivity index (χ1v) is 7.98. The highest BCUT2D eigenvalue weighted by Gasteiger charge is 2.52. The summed E-state index contributed by atoms with van der Waals surface area (Å²) in [7, 11) is 0. The summed E-state index contributed by atoms with van der Waals surface area (Å²) in [5.74, 6) is 0. The van der Waals surface area contributed by atoms with Crippen molar-refractivity contribution < 1.29 is 4.57 Å². The van der Waals surface area contributed by atoms with Crippen LogP contribution in [0, 0.1) is 0 Å². The lowest BCUT2D eigenvalue weighted by Crippen LogP contribution is -2.65. The van der Waals surface area contributed by atoms with Gasteiger partial charge in [0.2, 0.25) is 5.69 Å². The average molecular weight is 288 g/mol. The van der Waals surface area contributed by atoms with Gasteiger partial charge >= 0.3 is 0 Å². The van der Waals surface area contributed by atoms with Crippen LogP contribution in [0.25, 0.3) is 22.0 Å². The smallest absolute Gasteiger partial charge is 0.192 e. The highest BCUT2D eigenvalue weighted by molar-refractivity contribution is 5.94. The quantitative estimate of drug-likeness (QED) is 0.522. The van der Waals surface area contributed by atoms with Crippen LogP contribution >= 0.6 is 0 Å². The maximum Gasteiger partial charge on any atom is 0.221 e. The molecule has 1 aromatic heterocycles. The minimum atomic E-state index is 0.0146. The highest BCUT2D eigenvalue weighted by Crippen LogP contribution is 2.46. The molecule has 110 valence electrons. The molecule has 0 aliphatic carbocycles. The van der Waals surface area contributed by atoms with E-state index in [1.54, 1.807) is 0 Å². The van der Waals surface area contributed by atoms with Gasteiger partial charge in [-0.15, -0.1) is 0 Å². The summed E-state index contributed by atoms with van der Waals surface area (Å²) < 4.78 is 2.47. The standard InChI is InChI=1S/C21H22N/c1-20(2)18-12-8-7-11-17(18)19-16-10-6-5-9-15(16)13-14-22(19)21(20,3)4/h5-14H,1-4H3/q+1. The average Bonchev–Trinajstić information content (AvgIpc) is 2.52. The molecule has 0 radical (unpaired) electrons. The van der Waals surface area contributed by atoms with Crippen LogP contribution in [0.15, 0.2) is 60.8 Å². The summed E-state index contributed by atoms with van der Waals surface area (Å²) in [6, 6.07) is 19.8. The first-order valence-electron chi connectivity index (χ1n) is 7.98. The monoisotopic (exact) mass is 288 g/mol. The van der Waals surface area contributed by atoms with E-state index in [0.717, 1.165) is 0 Å². The molecule has 3 aromatic rings. The molecule has 0 bridgehead atoms. The van der Waals surface area contributed by atoms with Crippen molar-refractivity contribution in [2.75, 3.05) is 0 Å². The Hall–Kier alpha value is -2.15. The molecule has 4 rings (SSSR count). The summed E-state index contributed by atoms with van der Waals surface area (Å²) in [5, 5.41) is 2.64. The Morgan fingerprint density at radius 2 is 1.45 bits per heavy atom. The molecule has 1 aliphatic rings. The third kappa shape index (κ3) is 1.51. The van der Waals surface area contributed by atoms with E-state index >= 15 is 0 Å². The molecule has 22 heavy (non-hydrogen) atoms. The van der Waals surface area contributed by atoms with Crippen LogP contribution in [0.5, 0.6) is 0 Å². The fraction of sp³-hybridized carbons (Fsp3) is 0.286. The van der Waals surface area contributed by atoms with E-state index in [9.17, 15) is 0 Å². The Bertz CT molecular complexity index is 887. The molecule has 2 heterocycles. The van der Waals surface area contributed by atoms with Gasteiger partial charge in [0.1, 0.15) is 0 Å². The second-order valence-corrected chi connectivity index (χ2v) is 7.35. The normalized spacial score (nSPS) is 17.8. The van der Waals surface area contributed by atoms with Crippen molar-refractivity contribution in [3.05, 3.63) is 66.4 Å². The molecular weight excluding hydrogens is 266 g/mol. The van der Waals surface area contributed by atoms with Crippen LogP contribution < -0.4 is 4.57 Å². The summed E-state index contributed by atoms with van der Waals surface area (Å²) in [4.78, 5) is 0. The molecule has 2 aromatic carbocycles. The number of fused-ring (bicyclic) bond motifs is 5. The van der Waals surface area contributed by atoms with Crippen molar-refractivity contribution in [1.29, 1.82) is 0 Å². The topological polar surface area (TPSA) is 3.88 Å². The van der Waals surface area contributed by atoms with Crippen LogP contribution in [0.3, 0.4) is 0 Å². The predicted molar refractivity (Wildman–Crippen MR) is 91.9 cm³/mol. The van der Waals surface area contributed by atoms with Gasteiger partial charge in [0.05, 0.1) is 16.4 Å². The summed E-state index contributed by atoms with van der Waals surface area (Å²) >= 11 is 0. The van der Waals surface area contributed by atoms with Gasteiger partial charge < -0.3 is 0 Å². The van der Waals surface area contributed by atoms with Crippen molar-refractivity contribution in [3.63, 3.8) is 0 Å². The van der Waals surface area contributed by atoms with Gasteiger partial charge in [-0.05, 0) is 36.9 Å². The van der Waals surface area contributed by atoms with Crippen molar-refractivity contribution in [1.82, 2.24) is 0 Å². The number of nitrogens with zero attached hydrogens (tertiary/aromatic N) is 1. The van der Waals surface area contributed by atoms with E-state index < -0.39 is 0 Å². The van der Waals surface area contributed by atoms with Crippen molar-refractivity contribution >= 4 is 10.8 Å². The Kier molecular flexibility index (Phi) is 2.57. The van der Waals surface area contributed by atoms with E-state index in [4.69, 9.17) is 0 Å². The SMILES string of the molecule is CC1(C)c2ccccc2-c2c3ccccc3cc[n+]2C1(C)C. The number of hydrogen-bond acceptors (Lipinski definition) is 0. The maximum absolute atomic E-state index is 2.47. The van der Waals surface area contributed by atoms with Gasteiger partial charge in [0.25, 0.3) is 0 Å². The van der Waals surface area contributed by atoms with Gasteiger partial charge in [-0.1, -0.05) is 36.4 Å². The van der Waals surface area contributed by atoms with E-state index in [1.807, 2.05) is 0 Å². The number of rotatable bonds is 0. The third-order valence-electron chi connectivity index (χ3n) is 5.85. The van der Waals surface area contributed by atoms with Gasteiger partial charge in [0.15, 0.2) is 11.7 Å². The Balaban J connectivity index is 2.22. The Morgan fingerprint density at radius 3 is 2.27 bits per heavy atom. The molecule has 0 saturated heterocycles. The fourth-order valence-electron chi connectivity index (χ4n) is 3.82. The van der Waals surface area contributed by atoms with Gasteiger partial charge in [0, 0.05) is 19.9 Å².